The number of nitrogens with one attached hydrogen (secondary N) is 2. The molecule has 1 aromatic heterocycles. The monoisotopic (exact) mass is 196 g/mol. The summed E-state index contributed by atoms with van der Waals surface area (Å²) in [6, 6.07) is 0.147. The van der Waals surface area contributed by atoms with Crippen LogP contribution in [-0.2, 0) is 4.74 Å². The van der Waals surface area contributed by atoms with Gasteiger partial charge in [-0.2, -0.15) is 5.10 Å². The predicted molar refractivity (Wildman–Crippen MR) is 52.2 cm³/mol. The van der Waals surface area contributed by atoms with Crippen LogP contribution in [-0.4, -0.2) is 23.4 Å². The molecule has 1 fully saturated rings. The lowest BCUT2D eigenvalue weighted by molar-refractivity contribution is 0.0390. The Kier molecular flexibility index (Phi) is 3.13. The Morgan fingerprint density at radius 2 is 2.64 bits per heavy atom. The van der Waals surface area contributed by atoms with Crippen molar-refractivity contribution in [2.75, 3.05) is 13.2 Å². The van der Waals surface area contributed by atoms with Crippen molar-refractivity contribution >= 4 is 0 Å². The van der Waals surface area contributed by atoms with Crippen molar-refractivity contribution in [3.05, 3.63) is 18.0 Å². The number of nitrogens with zero attached hydrogens (tertiary/aromatic N) is 1. The minimum absolute atomic E-state index is 0.147. The summed E-state index contributed by atoms with van der Waals surface area (Å²) in [6.07, 6.45) is 5.94. The van der Waals surface area contributed by atoms with E-state index in [1.54, 1.807) is 6.20 Å². The Morgan fingerprint density at radius 3 is 3.21 bits per heavy atom. The molecule has 5 nitrogen and oxygen atoms in total. The van der Waals surface area contributed by atoms with Crippen molar-refractivity contribution in [1.29, 1.82) is 0 Å². The van der Waals surface area contributed by atoms with E-state index in [1.165, 1.54) is 0 Å². The molecule has 1 aromatic rings. The highest BCUT2D eigenvalue weighted by molar-refractivity contribution is 5.10. The van der Waals surface area contributed by atoms with Crippen LogP contribution < -0.4 is 11.3 Å². The van der Waals surface area contributed by atoms with Gasteiger partial charge in [0.15, 0.2) is 0 Å². The highest BCUT2D eigenvalue weighted by atomic mass is 16.5. The van der Waals surface area contributed by atoms with E-state index in [0.717, 1.165) is 31.6 Å². The quantitative estimate of drug-likeness (QED) is 0.481. The number of hydrogen-bond acceptors (Lipinski definition) is 4. The second-order valence-electron chi connectivity index (χ2n) is 3.65. The molecule has 4 N–H and O–H groups in total. The molecule has 78 valence electrons. The van der Waals surface area contributed by atoms with Crippen molar-refractivity contribution in [3.63, 3.8) is 0 Å². The summed E-state index contributed by atoms with van der Waals surface area (Å²) < 4.78 is 5.44. The van der Waals surface area contributed by atoms with Crippen LogP contribution in [0.3, 0.4) is 0 Å². The molecule has 1 aliphatic rings. The van der Waals surface area contributed by atoms with Crippen LogP contribution in [0.4, 0.5) is 0 Å². The van der Waals surface area contributed by atoms with E-state index in [1.807, 2.05) is 6.20 Å². The van der Waals surface area contributed by atoms with Gasteiger partial charge in [0, 0.05) is 24.3 Å². The summed E-state index contributed by atoms with van der Waals surface area (Å²) in [5.74, 6) is 6.00. The molecule has 1 saturated heterocycles. The van der Waals surface area contributed by atoms with E-state index >= 15 is 0 Å². The summed E-state index contributed by atoms with van der Waals surface area (Å²) in [5, 5.41) is 6.72. The van der Waals surface area contributed by atoms with Crippen LogP contribution in [0.1, 0.15) is 24.4 Å². The van der Waals surface area contributed by atoms with Crippen molar-refractivity contribution in [2.45, 2.75) is 18.9 Å². The molecule has 0 spiro atoms. The van der Waals surface area contributed by atoms with Crippen LogP contribution in [0.5, 0.6) is 0 Å². The third kappa shape index (κ3) is 1.95. The van der Waals surface area contributed by atoms with E-state index in [2.05, 4.69) is 15.6 Å². The third-order valence-corrected chi connectivity index (χ3v) is 2.72. The Bertz CT molecular complexity index is 256. The lowest BCUT2D eigenvalue weighted by atomic mass is 9.91. The molecule has 0 bridgehead atoms. The first-order valence-corrected chi connectivity index (χ1v) is 4.94. The maximum Gasteiger partial charge on any atom is 0.0541 e. The highest BCUT2D eigenvalue weighted by Gasteiger charge is 2.25. The van der Waals surface area contributed by atoms with E-state index in [9.17, 15) is 0 Å². The first-order valence-electron chi connectivity index (χ1n) is 4.94. The van der Waals surface area contributed by atoms with Crippen molar-refractivity contribution in [3.8, 4) is 0 Å². The molecule has 2 atom stereocenters. The average molecular weight is 196 g/mol. The molecule has 0 amide bonds. The molecular formula is C9H16N4O. The van der Waals surface area contributed by atoms with Gasteiger partial charge in [-0.25, -0.2) is 0 Å². The van der Waals surface area contributed by atoms with E-state index in [0.29, 0.717) is 5.92 Å². The maximum absolute atomic E-state index is 5.55. The molecule has 2 heterocycles. The standard InChI is InChI=1S/C9H16N4O/c10-13-9(8-4-11-12-5-8)7-2-1-3-14-6-7/h4-5,7,9,13H,1-3,6,10H2,(H,11,12). The van der Waals surface area contributed by atoms with Gasteiger partial charge in [0.1, 0.15) is 0 Å². The van der Waals surface area contributed by atoms with Crippen molar-refractivity contribution < 1.29 is 4.74 Å². The zero-order valence-corrected chi connectivity index (χ0v) is 8.07. The number of aromatic amines is 1. The average Bonchev–Trinajstić information content (AvgIpc) is 2.74. The number of H-pyrrole nitrogens is 1. The summed E-state index contributed by atoms with van der Waals surface area (Å²) in [4.78, 5) is 0. The highest BCUT2D eigenvalue weighted by Crippen LogP contribution is 2.27. The smallest absolute Gasteiger partial charge is 0.0541 e. The topological polar surface area (TPSA) is 76.0 Å². The van der Waals surface area contributed by atoms with E-state index < -0.39 is 0 Å². The van der Waals surface area contributed by atoms with Crippen LogP contribution in [0.15, 0.2) is 12.4 Å². The fraction of sp³-hybridized carbons (Fsp3) is 0.667. The molecule has 14 heavy (non-hydrogen) atoms. The maximum atomic E-state index is 5.55. The molecule has 0 radical (unpaired) electrons. The van der Waals surface area contributed by atoms with Gasteiger partial charge in [-0.05, 0) is 12.8 Å². The zero-order valence-electron chi connectivity index (χ0n) is 8.07. The van der Waals surface area contributed by atoms with Gasteiger partial charge in [-0.15, -0.1) is 0 Å². The Labute approximate surface area is 83.0 Å². The van der Waals surface area contributed by atoms with Gasteiger partial charge in [0.05, 0.1) is 18.8 Å². The number of ether oxygens (including phenoxy) is 1. The largest absolute Gasteiger partial charge is 0.381 e. The second kappa shape index (κ2) is 4.54. The molecule has 2 rings (SSSR count). The molecular weight excluding hydrogens is 180 g/mol. The Morgan fingerprint density at radius 1 is 1.71 bits per heavy atom. The van der Waals surface area contributed by atoms with Gasteiger partial charge in [-0.1, -0.05) is 0 Å². The first kappa shape index (κ1) is 9.64. The van der Waals surface area contributed by atoms with E-state index in [-0.39, 0.29) is 6.04 Å². The van der Waals surface area contributed by atoms with E-state index in [4.69, 9.17) is 10.6 Å². The van der Waals surface area contributed by atoms with Crippen LogP contribution in [0, 0.1) is 5.92 Å². The molecule has 0 aromatic carbocycles. The summed E-state index contributed by atoms with van der Waals surface area (Å²) >= 11 is 0. The first-order chi connectivity index (χ1) is 6.92. The minimum Gasteiger partial charge on any atom is -0.381 e. The molecule has 0 aliphatic carbocycles. The lowest BCUT2D eigenvalue weighted by Crippen LogP contribution is -2.37. The number of nitrogens with two attached hydrogens (primary N) is 1. The van der Waals surface area contributed by atoms with Crippen LogP contribution in [0.2, 0.25) is 0 Å². The molecule has 0 saturated carbocycles. The second-order valence-corrected chi connectivity index (χ2v) is 3.65. The van der Waals surface area contributed by atoms with Crippen LogP contribution in [0.25, 0.3) is 0 Å². The van der Waals surface area contributed by atoms with Crippen molar-refractivity contribution in [1.82, 2.24) is 15.6 Å². The number of rotatable bonds is 3. The fourth-order valence-corrected chi connectivity index (χ4v) is 1.96. The predicted octanol–water partition coefficient (Wildman–Crippen LogP) is 0.341. The summed E-state index contributed by atoms with van der Waals surface area (Å²) in [7, 11) is 0. The summed E-state index contributed by atoms with van der Waals surface area (Å²) in [6.45, 7) is 1.65. The number of hydrazine groups is 1. The van der Waals surface area contributed by atoms with Gasteiger partial charge in [-0.3, -0.25) is 16.4 Å². The molecule has 2 unspecified atom stereocenters. The van der Waals surface area contributed by atoms with Gasteiger partial charge in [0.25, 0.3) is 0 Å². The number of aromatic nitrogens is 2. The Hall–Kier alpha value is -0.910. The molecule has 1 aliphatic heterocycles. The molecule has 5 heteroatoms. The normalized spacial score (nSPS) is 24.8. The van der Waals surface area contributed by atoms with Crippen molar-refractivity contribution in [2.24, 2.45) is 11.8 Å². The van der Waals surface area contributed by atoms with Gasteiger partial charge < -0.3 is 4.74 Å². The Balaban J connectivity index is 2.04. The third-order valence-electron chi connectivity index (χ3n) is 2.72. The summed E-state index contributed by atoms with van der Waals surface area (Å²) in [5.41, 5.74) is 3.93. The van der Waals surface area contributed by atoms with Gasteiger partial charge in [0.2, 0.25) is 0 Å². The van der Waals surface area contributed by atoms with Crippen LogP contribution >= 0.6 is 0 Å². The lowest BCUT2D eigenvalue weighted by Gasteiger charge is -2.28. The SMILES string of the molecule is NNC(c1cn[nH]c1)C1CCCOC1. The fourth-order valence-electron chi connectivity index (χ4n) is 1.96. The van der Waals surface area contributed by atoms with Gasteiger partial charge >= 0.3 is 0 Å². The minimum atomic E-state index is 0.147. The zero-order chi connectivity index (χ0) is 9.80. The number of hydrogen-bond donors (Lipinski definition) is 3.